The SMILES string of the molecule is C=C/C=C1\CC(Br)OC(C)(C)O1. The zero-order valence-electron chi connectivity index (χ0n) is 7.34. The Kier molecular flexibility index (Phi) is 2.96. The van der Waals surface area contributed by atoms with Gasteiger partial charge in [0.1, 0.15) is 10.8 Å². The summed E-state index contributed by atoms with van der Waals surface area (Å²) < 4.78 is 11.0. The predicted molar refractivity (Wildman–Crippen MR) is 51.9 cm³/mol. The van der Waals surface area contributed by atoms with Crippen molar-refractivity contribution in [2.75, 3.05) is 0 Å². The van der Waals surface area contributed by atoms with Gasteiger partial charge >= 0.3 is 0 Å². The molecule has 1 saturated heterocycles. The summed E-state index contributed by atoms with van der Waals surface area (Å²) >= 11 is 3.40. The van der Waals surface area contributed by atoms with Gasteiger partial charge in [-0.3, -0.25) is 0 Å². The van der Waals surface area contributed by atoms with Crippen LogP contribution in [0.4, 0.5) is 0 Å². The fourth-order valence-electron chi connectivity index (χ4n) is 1.12. The van der Waals surface area contributed by atoms with Crippen molar-refractivity contribution in [2.24, 2.45) is 0 Å². The predicted octanol–water partition coefficient (Wildman–Crippen LogP) is 2.95. The smallest absolute Gasteiger partial charge is 0.205 e. The fraction of sp³-hybridized carbons (Fsp3) is 0.556. The summed E-state index contributed by atoms with van der Waals surface area (Å²) in [5.74, 6) is 0.365. The van der Waals surface area contributed by atoms with Gasteiger partial charge in [0, 0.05) is 20.3 Å². The maximum atomic E-state index is 5.52. The fourth-order valence-corrected chi connectivity index (χ4v) is 1.89. The third-order valence-electron chi connectivity index (χ3n) is 1.45. The highest BCUT2D eigenvalue weighted by Gasteiger charge is 2.30. The zero-order valence-corrected chi connectivity index (χ0v) is 8.93. The first kappa shape index (κ1) is 9.81. The van der Waals surface area contributed by atoms with Crippen molar-refractivity contribution in [3.05, 3.63) is 24.5 Å². The van der Waals surface area contributed by atoms with Gasteiger partial charge in [0.25, 0.3) is 0 Å². The summed E-state index contributed by atoms with van der Waals surface area (Å²) in [6.45, 7) is 7.39. The Labute approximate surface area is 81.4 Å². The summed E-state index contributed by atoms with van der Waals surface area (Å²) in [6, 6.07) is 0. The van der Waals surface area contributed by atoms with Crippen LogP contribution < -0.4 is 0 Å². The van der Waals surface area contributed by atoms with Crippen LogP contribution >= 0.6 is 15.9 Å². The Morgan fingerprint density at radius 3 is 2.83 bits per heavy atom. The van der Waals surface area contributed by atoms with E-state index in [1.807, 2.05) is 19.9 Å². The minimum absolute atomic E-state index is 0.0347. The van der Waals surface area contributed by atoms with E-state index in [9.17, 15) is 0 Å². The first-order chi connectivity index (χ1) is 5.53. The van der Waals surface area contributed by atoms with Crippen molar-refractivity contribution in [3.63, 3.8) is 0 Å². The maximum absolute atomic E-state index is 5.52. The van der Waals surface area contributed by atoms with Gasteiger partial charge in [-0.2, -0.15) is 0 Å². The molecule has 1 atom stereocenters. The lowest BCUT2D eigenvalue weighted by Crippen LogP contribution is -2.36. The average molecular weight is 233 g/mol. The number of rotatable bonds is 1. The number of hydrogen-bond acceptors (Lipinski definition) is 2. The summed E-state index contributed by atoms with van der Waals surface area (Å²) in [6.07, 6.45) is 4.32. The second kappa shape index (κ2) is 3.62. The first-order valence-electron chi connectivity index (χ1n) is 3.86. The molecular formula is C9H13BrO2. The second-order valence-electron chi connectivity index (χ2n) is 3.10. The first-order valence-corrected chi connectivity index (χ1v) is 4.77. The molecule has 68 valence electrons. The summed E-state index contributed by atoms with van der Waals surface area (Å²) in [4.78, 5) is 0. The van der Waals surface area contributed by atoms with Crippen molar-refractivity contribution in [2.45, 2.75) is 31.1 Å². The van der Waals surface area contributed by atoms with E-state index in [1.54, 1.807) is 6.08 Å². The summed E-state index contributed by atoms with van der Waals surface area (Å²) in [5.41, 5.74) is 0. The highest BCUT2D eigenvalue weighted by Crippen LogP contribution is 2.31. The highest BCUT2D eigenvalue weighted by atomic mass is 79.9. The van der Waals surface area contributed by atoms with Gasteiger partial charge in [0.2, 0.25) is 5.79 Å². The van der Waals surface area contributed by atoms with Gasteiger partial charge in [0.05, 0.1) is 0 Å². The van der Waals surface area contributed by atoms with Crippen LogP contribution in [0.3, 0.4) is 0 Å². The third kappa shape index (κ3) is 2.64. The van der Waals surface area contributed by atoms with E-state index in [0.717, 1.165) is 12.2 Å². The molecule has 0 amide bonds. The van der Waals surface area contributed by atoms with Gasteiger partial charge in [-0.1, -0.05) is 28.6 Å². The molecule has 0 radical (unpaired) electrons. The standard InChI is InChI=1S/C9H13BrO2/c1-4-5-7-6-8(10)12-9(2,3)11-7/h4-5,8H,1,6H2,2-3H3/b7-5+. The number of ether oxygens (including phenoxy) is 2. The molecule has 0 spiro atoms. The molecule has 0 saturated carbocycles. The van der Waals surface area contributed by atoms with Crippen LogP contribution in [0.25, 0.3) is 0 Å². The average Bonchev–Trinajstić information content (AvgIpc) is 1.82. The van der Waals surface area contributed by atoms with E-state index in [0.29, 0.717) is 0 Å². The molecule has 3 heteroatoms. The van der Waals surface area contributed by atoms with E-state index < -0.39 is 5.79 Å². The lowest BCUT2D eigenvalue weighted by molar-refractivity contribution is -0.224. The Balaban J connectivity index is 2.70. The quantitative estimate of drug-likeness (QED) is 0.648. The molecule has 0 aromatic carbocycles. The second-order valence-corrected chi connectivity index (χ2v) is 4.12. The van der Waals surface area contributed by atoms with Crippen molar-refractivity contribution in [3.8, 4) is 0 Å². The number of halogens is 1. The van der Waals surface area contributed by atoms with E-state index in [2.05, 4.69) is 22.5 Å². The molecule has 1 fully saturated rings. The molecule has 12 heavy (non-hydrogen) atoms. The van der Waals surface area contributed by atoms with Gasteiger partial charge in [0.15, 0.2) is 0 Å². The van der Waals surface area contributed by atoms with E-state index in [1.165, 1.54) is 0 Å². The summed E-state index contributed by atoms with van der Waals surface area (Å²) in [7, 11) is 0. The van der Waals surface area contributed by atoms with E-state index >= 15 is 0 Å². The van der Waals surface area contributed by atoms with Crippen molar-refractivity contribution < 1.29 is 9.47 Å². The molecule has 0 bridgehead atoms. The molecule has 1 unspecified atom stereocenters. The van der Waals surface area contributed by atoms with Crippen molar-refractivity contribution in [1.82, 2.24) is 0 Å². The molecule has 1 rings (SSSR count). The van der Waals surface area contributed by atoms with Crippen LogP contribution in [0.2, 0.25) is 0 Å². The third-order valence-corrected chi connectivity index (χ3v) is 1.96. The minimum atomic E-state index is -0.540. The lowest BCUT2D eigenvalue weighted by atomic mass is 10.2. The van der Waals surface area contributed by atoms with Gasteiger partial charge < -0.3 is 9.47 Å². The topological polar surface area (TPSA) is 18.5 Å². The number of hydrogen-bond donors (Lipinski definition) is 0. The Morgan fingerprint density at radius 1 is 1.67 bits per heavy atom. The molecule has 0 N–H and O–H groups in total. The van der Waals surface area contributed by atoms with Crippen LogP contribution in [0, 0.1) is 0 Å². The van der Waals surface area contributed by atoms with Gasteiger partial charge in [-0.05, 0) is 6.08 Å². The van der Waals surface area contributed by atoms with Gasteiger partial charge in [-0.15, -0.1) is 0 Å². The molecule has 1 aliphatic heterocycles. The van der Waals surface area contributed by atoms with Crippen LogP contribution in [-0.4, -0.2) is 10.8 Å². The Bertz CT molecular complexity index is 209. The molecule has 0 aliphatic carbocycles. The molecule has 0 aromatic heterocycles. The van der Waals surface area contributed by atoms with E-state index in [-0.39, 0.29) is 5.01 Å². The molecule has 0 aromatic rings. The number of allylic oxidation sites excluding steroid dienone is 2. The molecule has 1 aliphatic rings. The number of alkyl halides is 1. The molecule has 2 nitrogen and oxygen atoms in total. The highest BCUT2D eigenvalue weighted by molar-refractivity contribution is 9.09. The monoisotopic (exact) mass is 232 g/mol. The maximum Gasteiger partial charge on any atom is 0.205 e. The van der Waals surface area contributed by atoms with Crippen LogP contribution in [-0.2, 0) is 9.47 Å². The van der Waals surface area contributed by atoms with E-state index in [4.69, 9.17) is 9.47 Å². The van der Waals surface area contributed by atoms with Gasteiger partial charge in [-0.25, -0.2) is 0 Å². The van der Waals surface area contributed by atoms with Crippen LogP contribution in [0.15, 0.2) is 24.5 Å². The van der Waals surface area contributed by atoms with Crippen molar-refractivity contribution >= 4 is 15.9 Å². The lowest BCUT2D eigenvalue weighted by Gasteiger charge is -2.35. The molecule has 1 heterocycles. The largest absolute Gasteiger partial charge is 0.467 e. The minimum Gasteiger partial charge on any atom is -0.467 e. The Hall–Kier alpha value is -0.280. The van der Waals surface area contributed by atoms with Crippen molar-refractivity contribution in [1.29, 1.82) is 0 Å². The summed E-state index contributed by atoms with van der Waals surface area (Å²) in [5, 5.41) is 0.0347. The zero-order chi connectivity index (χ0) is 9.19. The van der Waals surface area contributed by atoms with Crippen LogP contribution in [0.1, 0.15) is 20.3 Å². The van der Waals surface area contributed by atoms with Crippen LogP contribution in [0.5, 0.6) is 0 Å². The molecular weight excluding hydrogens is 220 g/mol. The normalized spacial score (nSPS) is 31.2. The Morgan fingerprint density at radius 2 is 2.33 bits per heavy atom.